The van der Waals surface area contributed by atoms with Gasteiger partial charge in [0, 0.05) is 14.2 Å². The Morgan fingerprint density at radius 2 is 0.957 bits per heavy atom. The smallest absolute Gasteiger partial charge is 0.115 e. The predicted molar refractivity (Wildman–Crippen MR) is 95.2 cm³/mol. The molecule has 0 aromatic heterocycles. The molecule has 0 spiro atoms. The van der Waals surface area contributed by atoms with Gasteiger partial charge >= 0.3 is 0 Å². The van der Waals surface area contributed by atoms with Crippen LogP contribution in [0.1, 0.15) is 49.7 Å². The fourth-order valence-corrected chi connectivity index (χ4v) is 2.95. The van der Waals surface area contributed by atoms with Crippen molar-refractivity contribution in [3.8, 4) is 11.5 Å². The van der Waals surface area contributed by atoms with Gasteiger partial charge in [-0.3, -0.25) is 0 Å². The van der Waals surface area contributed by atoms with Crippen molar-refractivity contribution in [2.24, 2.45) is 0 Å². The number of ether oxygens (including phenoxy) is 1. The monoisotopic (exact) mass is 316 g/mol. The van der Waals surface area contributed by atoms with Gasteiger partial charge in [0.2, 0.25) is 0 Å². The summed E-state index contributed by atoms with van der Waals surface area (Å²) >= 11 is 0. The molecule has 0 aliphatic heterocycles. The van der Waals surface area contributed by atoms with E-state index in [4.69, 9.17) is 0 Å². The average Bonchev–Trinajstić information content (AvgIpc) is 2.55. The highest BCUT2D eigenvalue weighted by Gasteiger charge is 2.21. The van der Waals surface area contributed by atoms with Crippen LogP contribution in [0.5, 0.6) is 11.5 Å². The maximum atomic E-state index is 9.43. The lowest BCUT2D eigenvalue weighted by Crippen LogP contribution is -2.10. The van der Waals surface area contributed by atoms with E-state index < -0.39 is 0 Å². The lowest BCUT2D eigenvalue weighted by atomic mass is 9.78. The second-order valence-corrected chi connectivity index (χ2v) is 5.62. The summed E-state index contributed by atoms with van der Waals surface area (Å²) in [6, 6.07) is 15.0. The normalized spacial score (nSPS) is 12.9. The molecule has 126 valence electrons. The van der Waals surface area contributed by atoms with Crippen LogP contribution in [0, 0.1) is 0 Å². The molecule has 0 radical (unpaired) electrons. The van der Waals surface area contributed by atoms with Crippen molar-refractivity contribution in [1.29, 1.82) is 0 Å². The van der Waals surface area contributed by atoms with Gasteiger partial charge in [-0.05, 0) is 60.1 Å². The number of hydrogen-bond acceptors (Lipinski definition) is 3. The second kappa shape index (κ2) is 9.90. The Labute approximate surface area is 139 Å². The molecular formula is C20H28O3. The van der Waals surface area contributed by atoms with Crippen LogP contribution in [0.15, 0.2) is 48.5 Å². The third-order valence-electron chi connectivity index (χ3n) is 4.01. The maximum Gasteiger partial charge on any atom is 0.115 e. The molecule has 0 saturated heterocycles. The molecule has 23 heavy (non-hydrogen) atoms. The zero-order chi connectivity index (χ0) is 17.2. The quantitative estimate of drug-likeness (QED) is 0.811. The number of hydrogen-bond donors (Lipinski definition) is 2. The molecule has 0 amide bonds. The minimum absolute atomic E-state index is 0.307. The van der Waals surface area contributed by atoms with Crippen molar-refractivity contribution in [3.63, 3.8) is 0 Å². The van der Waals surface area contributed by atoms with Crippen molar-refractivity contribution >= 4 is 0 Å². The van der Waals surface area contributed by atoms with Gasteiger partial charge < -0.3 is 14.9 Å². The highest BCUT2D eigenvalue weighted by molar-refractivity contribution is 5.34. The van der Waals surface area contributed by atoms with E-state index in [1.54, 1.807) is 38.5 Å². The van der Waals surface area contributed by atoms with E-state index >= 15 is 0 Å². The summed E-state index contributed by atoms with van der Waals surface area (Å²) in [7, 11) is 3.25. The van der Waals surface area contributed by atoms with E-state index in [1.165, 1.54) is 11.1 Å². The van der Waals surface area contributed by atoms with E-state index in [1.807, 2.05) is 24.3 Å². The van der Waals surface area contributed by atoms with Crippen LogP contribution in [0.4, 0.5) is 0 Å². The lowest BCUT2D eigenvalue weighted by molar-refractivity contribution is 0.277. The zero-order valence-corrected chi connectivity index (χ0v) is 14.5. The molecule has 0 aliphatic rings. The molecule has 0 aliphatic carbocycles. The second-order valence-electron chi connectivity index (χ2n) is 5.62. The standard InChI is InChI=1S/C18H22O2.C2H6O/c1-3-17(13-5-9-15(19)10-6-13)18(4-2)14-7-11-16(20)12-8-14;1-3-2/h5-12,17-20H,3-4H2,1-2H3;1-2H3/t17-,18+;. The van der Waals surface area contributed by atoms with Gasteiger partial charge in [0.05, 0.1) is 0 Å². The zero-order valence-electron chi connectivity index (χ0n) is 14.5. The number of aromatic hydroxyl groups is 2. The Bertz CT molecular complexity index is 495. The molecule has 2 atom stereocenters. The fraction of sp³-hybridized carbons (Fsp3) is 0.400. The van der Waals surface area contributed by atoms with Gasteiger partial charge in [0.15, 0.2) is 0 Å². The Kier molecular flexibility index (Phi) is 8.20. The van der Waals surface area contributed by atoms with Gasteiger partial charge in [-0.15, -0.1) is 0 Å². The van der Waals surface area contributed by atoms with E-state index in [0.29, 0.717) is 23.3 Å². The minimum atomic E-state index is 0.307. The third kappa shape index (κ3) is 5.61. The number of methoxy groups -OCH3 is 1. The molecule has 0 bridgehead atoms. The van der Waals surface area contributed by atoms with E-state index in [2.05, 4.69) is 18.6 Å². The van der Waals surface area contributed by atoms with Gasteiger partial charge in [0.1, 0.15) is 11.5 Å². The van der Waals surface area contributed by atoms with Gasteiger partial charge in [-0.1, -0.05) is 38.1 Å². The van der Waals surface area contributed by atoms with E-state index in [0.717, 1.165) is 12.8 Å². The van der Waals surface area contributed by atoms with Crippen LogP contribution < -0.4 is 0 Å². The van der Waals surface area contributed by atoms with E-state index in [-0.39, 0.29) is 0 Å². The average molecular weight is 316 g/mol. The first-order chi connectivity index (χ1) is 11.1. The largest absolute Gasteiger partial charge is 0.508 e. The molecule has 0 fully saturated rings. The number of rotatable bonds is 5. The number of phenolic OH excluding ortho intramolecular Hbond substituents is 2. The molecule has 2 N–H and O–H groups in total. The Morgan fingerprint density at radius 1 is 0.696 bits per heavy atom. The molecule has 3 nitrogen and oxygen atoms in total. The van der Waals surface area contributed by atoms with Crippen LogP contribution >= 0.6 is 0 Å². The molecule has 0 saturated carbocycles. The highest BCUT2D eigenvalue weighted by Crippen LogP contribution is 2.38. The molecule has 2 aromatic carbocycles. The van der Waals surface area contributed by atoms with Crippen LogP contribution in [0.2, 0.25) is 0 Å². The van der Waals surface area contributed by atoms with Gasteiger partial charge in [0.25, 0.3) is 0 Å². The van der Waals surface area contributed by atoms with Crippen molar-refractivity contribution in [1.82, 2.24) is 0 Å². The van der Waals surface area contributed by atoms with Crippen molar-refractivity contribution < 1.29 is 14.9 Å². The SMILES string of the molecule is CC[C@H](c1ccc(O)cc1)[C@@H](CC)c1ccc(O)cc1.COC. The molecule has 3 heteroatoms. The molecule has 2 rings (SSSR count). The van der Waals surface area contributed by atoms with E-state index in [9.17, 15) is 10.2 Å². The fourth-order valence-electron chi connectivity index (χ4n) is 2.95. The van der Waals surface area contributed by atoms with Gasteiger partial charge in [-0.2, -0.15) is 0 Å². The third-order valence-corrected chi connectivity index (χ3v) is 4.01. The van der Waals surface area contributed by atoms with Crippen LogP contribution in [0.25, 0.3) is 0 Å². The predicted octanol–water partition coefficient (Wildman–Crippen LogP) is 5.05. The number of phenols is 2. The first kappa shape index (κ1) is 19.0. The minimum Gasteiger partial charge on any atom is -0.508 e. The number of benzene rings is 2. The summed E-state index contributed by atoms with van der Waals surface area (Å²) in [5.74, 6) is 1.46. The van der Waals surface area contributed by atoms with Crippen molar-refractivity contribution in [2.75, 3.05) is 14.2 Å². The summed E-state index contributed by atoms with van der Waals surface area (Å²) in [4.78, 5) is 0. The van der Waals surface area contributed by atoms with Crippen LogP contribution in [-0.2, 0) is 4.74 Å². The topological polar surface area (TPSA) is 49.7 Å². The molecule has 2 aromatic rings. The summed E-state index contributed by atoms with van der Waals surface area (Å²) in [5, 5.41) is 18.9. The Balaban J connectivity index is 0.000000816. The van der Waals surface area contributed by atoms with Crippen LogP contribution in [-0.4, -0.2) is 24.4 Å². The Hall–Kier alpha value is -2.00. The summed E-state index contributed by atoms with van der Waals surface area (Å²) in [6.07, 6.45) is 2.09. The molecule has 0 heterocycles. The summed E-state index contributed by atoms with van der Waals surface area (Å²) in [6.45, 7) is 4.39. The molecular weight excluding hydrogens is 288 g/mol. The van der Waals surface area contributed by atoms with Gasteiger partial charge in [-0.25, -0.2) is 0 Å². The highest BCUT2D eigenvalue weighted by atomic mass is 16.4. The van der Waals surface area contributed by atoms with Crippen molar-refractivity contribution in [2.45, 2.75) is 38.5 Å². The van der Waals surface area contributed by atoms with Crippen LogP contribution in [0.3, 0.4) is 0 Å². The summed E-state index contributed by atoms with van der Waals surface area (Å²) < 4.78 is 4.25. The van der Waals surface area contributed by atoms with Crippen molar-refractivity contribution in [3.05, 3.63) is 59.7 Å². The molecule has 0 unspecified atom stereocenters. The first-order valence-corrected chi connectivity index (χ1v) is 8.05. The lowest BCUT2D eigenvalue weighted by Gasteiger charge is -2.26. The first-order valence-electron chi connectivity index (χ1n) is 8.05. The summed E-state index contributed by atoms with van der Waals surface area (Å²) in [5.41, 5.74) is 2.51. The maximum absolute atomic E-state index is 9.43. The Morgan fingerprint density at radius 3 is 1.17 bits per heavy atom.